The Morgan fingerprint density at radius 2 is 1.68 bits per heavy atom. The molecule has 3 aliphatic carbocycles. The van der Waals surface area contributed by atoms with Crippen LogP contribution in [0, 0.1) is 28.9 Å². The van der Waals surface area contributed by atoms with Gasteiger partial charge >= 0.3 is 0 Å². The molecule has 2 fully saturated rings. The summed E-state index contributed by atoms with van der Waals surface area (Å²) in [7, 11) is 0. The Bertz CT molecular complexity index is 918. The highest BCUT2D eigenvalue weighted by atomic mass is 19.1. The number of benzene rings is 2. The van der Waals surface area contributed by atoms with Crippen molar-refractivity contribution in [2.75, 3.05) is 0 Å². The minimum absolute atomic E-state index is 0.0584. The molecule has 2 aromatic carbocycles. The van der Waals surface area contributed by atoms with E-state index in [9.17, 15) is 13.9 Å². The van der Waals surface area contributed by atoms with Gasteiger partial charge in [-0.2, -0.15) is 0 Å². The number of phenols is 1. The first-order valence-electron chi connectivity index (χ1n) is 10.6. The van der Waals surface area contributed by atoms with E-state index in [2.05, 4.69) is 19.9 Å². The van der Waals surface area contributed by atoms with Crippen LogP contribution in [0.25, 0.3) is 0 Å². The minimum Gasteiger partial charge on any atom is -0.508 e. The first-order valence-corrected chi connectivity index (χ1v) is 10.6. The van der Waals surface area contributed by atoms with Crippen LogP contribution >= 0.6 is 0 Å². The maximum Gasteiger partial charge on any atom is 0.126 e. The third kappa shape index (κ3) is 2.41. The third-order valence-corrected chi connectivity index (χ3v) is 8.82. The second-order valence-electron chi connectivity index (χ2n) is 9.78. The standard InChI is InChI=1S/C25H28F2O/c1-24(16-12-17(26)14-18(27)13-16)10-8-23-22-5-3-15-11-19(28)4-6-20(15)21(22)7-9-25(23,24)2/h4,6,11-14,21-23,28H,3,5,7-10H2,1-2H3/t21-,22-,23+,24-,25+/m1/s1. The molecule has 5 rings (SSSR count). The molecule has 0 radical (unpaired) electrons. The van der Waals surface area contributed by atoms with E-state index in [0.29, 0.717) is 23.5 Å². The van der Waals surface area contributed by atoms with Crippen molar-refractivity contribution in [3.63, 3.8) is 0 Å². The molecule has 0 saturated heterocycles. The summed E-state index contributed by atoms with van der Waals surface area (Å²) >= 11 is 0. The van der Waals surface area contributed by atoms with Crippen LogP contribution < -0.4 is 0 Å². The van der Waals surface area contributed by atoms with Crippen molar-refractivity contribution < 1.29 is 13.9 Å². The Kier molecular flexibility index (Phi) is 3.92. The molecule has 0 aromatic heterocycles. The van der Waals surface area contributed by atoms with E-state index in [0.717, 1.165) is 50.2 Å². The summed E-state index contributed by atoms with van der Waals surface area (Å²) in [5.41, 5.74) is 3.41. The van der Waals surface area contributed by atoms with Crippen molar-refractivity contribution >= 4 is 0 Å². The summed E-state index contributed by atoms with van der Waals surface area (Å²) in [6, 6.07) is 9.98. The molecule has 1 N–H and O–H groups in total. The number of rotatable bonds is 1. The Morgan fingerprint density at radius 1 is 0.929 bits per heavy atom. The number of hydrogen-bond donors (Lipinski definition) is 1. The van der Waals surface area contributed by atoms with Gasteiger partial charge < -0.3 is 5.11 Å². The molecule has 2 saturated carbocycles. The van der Waals surface area contributed by atoms with Gasteiger partial charge in [-0.1, -0.05) is 19.9 Å². The predicted octanol–water partition coefficient (Wildman–Crippen LogP) is 6.48. The number of phenolic OH excluding ortho intramolecular Hbond substituents is 1. The molecule has 0 aliphatic heterocycles. The van der Waals surface area contributed by atoms with Gasteiger partial charge in [0, 0.05) is 6.07 Å². The quantitative estimate of drug-likeness (QED) is 0.598. The fourth-order valence-electron chi connectivity index (χ4n) is 7.18. The van der Waals surface area contributed by atoms with Gasteiger partial charge in [-0.25, -0.2) is 8.78 Å². The average Bonchev–Trinajstić information content (AvgIpc) is 2.93. The van der Waals surface area contributed by atoms with Gasteiger partial charge in [0.15, 0.2) is 0 Å². The zero-order valence-electron chi connectivity index (χ0n) is 16.6. The molecule has 28 heavy (non-hydrogen) atoms. The third-order valence-electron chi connectivity index (χ3n) is 8.82. The van der Waals surface area contributed by atoms with E-state index in [1.54, 1.807) is 12.1 Å². The monoisotopic (exact) mass is 382 g/mol. The smallest absolute Gasteiger partial charge is 0.126 e. The maximum absolute atomic E-state index is 14.0. The molecule has 5 atom stereocenters. The summed E-state index contributed by atoms with van der Waals surface area (Å²) in [4.78, 5) is 0. The normalized spacial score (nSPS) is 36.5. The summed E-state index contributed by atoms with van der Waals surface area (Å²) in [5.74, 6) is 1.17. The summed E-state index contributed by atoms with van der Waals surface area (Å²) in [6.07, 6.45) is 6.47. The van der Waals surface area contributed by atoms with E-state index >= 15 is 0 Å². The lowest BCUT2D eigenvalue weighted by molar-refractivity contribution is 0.0174. The van der Waals surface area contributed by atoms with Gasteiger partial charge in [0.25, 0.3) is 0 Å². The van der Waals surface area contributed by atoms with Crippen LogP contribution in [0.5, 0.6) is 5.75 Å². The highest BCUT2D eigenvalue weighted by Gasteiger charge is 2.60. The average molecular weight is 382 g/mol. The lowest BCUT2D eigenvalue weighted by Crippen LogP contribution is -2.48. The van der Waals surface area contributed by atoms with Gasteiger partial charge in [0.05, 0.1) is 0 Å². The molecule has 3 aliphatic rings. The Balaban J connectivity index is 1.53. The van der Waals surface area contributed by atoms with Crippen molar-refractivity contribution in [2.45, 2.75) is 63.7 Å². The van der Waals surface area contributed by atoms with Gasteiger partial charge in [0.1, 0.15) is 17.4 Å². The molecule has 0 heterocycles. The van der Waals surface area contributed by atoms with Crippen LogP contribution in [0.3, 0.4) is 0 Å². The second kappa shape index (κ2) is 6.05. The molecule has 0 unspecified atom stereocenters. The van der Waals surface area contributed by atoms with Gasteiger partial charge in [-0.05, 0) is 108 Å². The fraction of sp³-hybridized carbons (Fsp3) is 0.520. The number of halogens is 2. The fourth-order valence-corrected chi connectivity index (χ4v) is 7.18. The maximum atomic E-state index is 14.0. The number of hydrogen-bond acceptors (Lipinski definition) is 1. The zero-order valence-corrected chi connectivity index (χ0v) is 16.6. The van der Waals surface area contributed by atoms with E-state index in [1.165, 1.54) is 11.1 Å². The molecule has 0 bridgehead atoms. The second-order valence-corrected chi connectivity index (χ2v) is 9.78. The summed E-state index contributed by atoms with van der Waals surface area (Å²) in [5, 5.41) is 9.85. The van der Waals surface area contributed by atoms with E-state index in [1.807, 2.05) is 12.1 Å². The largest absolute Gasteiger partial charge is 0.508 e. The van der Waals surface area contributed by atoms with Crippen molar-refractivity contribution in [3.05, 3.63) is 64.7 Å². The lowest BCUT2D eigenvalue weighted by atomic mass is 9.50. The van der Waals surface area contributed by atoms with Crippen molar-refractivity contribution in [3.8, 4) is 5.75 Å². The Hall–Kier alpha value is -1.90. The number of aromatic hydroxyl groups is 1. The SMILES string of the molecule is C[C@]12CC[C@@H]3c4ccc(O)cc4CC[C@H]3[C@@H]1CC[C@]2(C)c1cc(F)cc(F)c1. The first kappa shape index (κ1) is 18.1. The van der Waals surface area contributed by atoms with Crippen LogP contribution in [-0.2, 0) is 11.8 Å². The molecule has 3 heteroatoms. The lowest BCUT2D eigenvalue weighted by Gasteiger charge is -2.54. The predicted molar refractivity (Wildman–Crippen MR) is 106 cm³/mol. The Morgan fingerprint density at radius 3 is 2.43 bits per heavy atom. The molecule has 1 nitrogen and oxygen atoms in total. The van der Waals surface area contributed by atoms with Crippen LogP contribution in [0.15, 0.2) is 36.4 Å². The van der Waals surface area contributed by atoms with Crippen LogP contribution in [0.1, 0.15) is 68.6 Å². The molecule has 0 spiro atoms. The topological polar surface area (TPSA) is 20.2 Å². The van der Waals surface area contributed by atoms with E-state index in [-0.39, 0.29) is 10.8 Å². The molecular formula is C25H28F2O. The highest BCUT2D eigenvalue weighted by Crippen LogP contribution is 2.67. The van der Waals surface area contributed by atoms with E-state index < -0.39 is 11.6 Å². The van der Waals surface area contributed by atoms with Crippen molar-refractivity contribution in [1.29, 1.82) is 0 Å². The van der Waals surface area contributed by atoms with Crippen LogP contribution in [0.4, 0.5) is 8.78 Å². The van der Waals surface area contributed by atoms with E-state index in [4.69, 9.17) is 0 Å². The van der Waals surface area contributed by atoms with Gasteiger partial charge in [-0.3, -0.25) is 0 Å². The Labute approximate surface area is 165 Å². The highest BCUT2D eigenvalue weighted by molar-refractivity contribution is 5.41. The first-order chi connectivity index (χ1) is 13.3. The number of fused-ring (bicyclic) bond motifs is 5. The summed E-state index contributed by atoms with van der Waals surface area (Å²) < 4.78 is 28.0. The van der Waals surface area contributed by atoms with Crippen LogP contribution in [-0.4, -0.2) is 5.11 Å². The summed E-state index contributed by atoms with van der Waals surface area (Å²) in [6.45, 7) is 4.60. The van der Waals surface area contributed by atoms with Crippen molar-refractivity contribution in [1.82, 2.24) is 0 Å². The zero-order chi connectivity index (χ0) is 19.7. The molecular weight excluding hydrogens is 354 g/mol. The van der Waals surface area contributed by atoms with Crippen LogP contribution in [0.2, 0.25) is 0 Å². The minimum atomic E-state index is -0.469. The van der Waals surface area contributed by atoms with Gasteiger partial charge in [-0.15, -0.1) is 0 Å². The van der Waals surface area contributed by atoms with Crippen molar-refractivity contribution in [2.24, 2.45) is 17.3 Å². The number of aryl methyl sites for hydroxylation is 1. The molecule has 0 amide bonds. The molecule has 2 aromatic rings. The molecule has 148 valence electrons. The van der Waals surface area contributed by atoms with Gasteiger partial charge in [0.2, 0.25) is 0 Å².